The summed E-state index contributed by atoms with van der Waals surface area (Å²) in [7, 11) is 1.63. The van der Waals surface area contributed by atoms with Gasteiger partial charge in [0.15, 0.2) is 5.65 Å². The Kier molecular flexibility index (Phi) is 6.30. The second-order valence-electron chi connectivity index (χ2n) is 10.0. The van der Waals surface area contributed by atoms with Gasteiger partial charge in [0.2, 0.25) is 0 Å². The van der Waals surface area contributed by atoms with Crippen LogP contribution in [0.5, 0.6) is 0 Å². The van der Waals surface area contributed by atoms with Crippen LogP contribution in [0.3, 0.4) is 0 Å². The minimum atomic E-state index is -0.890. The SMILES string of the molecule is CN(C(=O)O)C1CCN(c2cccc(-c3cnc4ccc(N5CCC[C@@H]5c5cccc(F)c5)nn34)n2)CC1. The third kappa shape index (κ3) is 4.51. The number of nitrogens with zero attached hydrogens (tertiary/aromatic N) is 7. The molecular weight excluding hydrogens is 485 g/mol. The number of benzene rings is 1. The van der Waals surface area contributed by atoms with Crippen LogP contribution < -0.4 is 9.80 Å². The van der Waals surface area contributed by atoms with Gasteiger partial charge in [0.25, 0.3) is 0 Å². The first kappa shape index (κ1) is 24.1. The number of imidazole rings is 1. The van der Waals surface area contributed by atoms with Crippen molar-refractivity contribution < 1.29 is 14.3 Å². The molecule has 1 amide bonds. The van der Waals surface area contributed by atoms with Gasteiger partial charge in [-0.05, 0) is 67.6 Å². The Morgan fingerprint density at radius 2 is 1.84 bits per heavy atom. The lowest BCUT2D eigenvalue weighted by molar-refractivity contribution is 0.131. The minimum absolute atomic E-state index is 0.0233. The van der Waals surface area contributed by atoms with Crippen molar-refractivity contribution in [2.45, 2.75) is 37.8 Å². The van der Waals surface area contributed by atoms with Gasteiger partial charge in [-0.1, -0.05) is 18.2 Å². The Hall–Kier alpha value is -4.21. The number of carbonyl (C=O) groups is 1. The smallest absolute Gasteiger partial charge is 0.407 e. The summed E-state index contributed by atoms with van der Waals surface area (Å²) < 4.78 is 15.8. The van der Waals surface area contributed by atoms with Crippen molar-refractivity contribution in [1.82, 2.24) is 24.5 Å². The van der Waals surface area contributed by atoms with E-state index in [-0.39, 0.29) is 17.9 Å². The van der Waals surface area contributed by atoms with Crippen molar-refractivity contribution in [2.75, 3.05) is 36.5 Å². The number of aromatic nitrogens is 4. The van der Waals surface area contributed by atoms with Gasteiger partial charge in [-0.2, -0.15) is 0 Å². The number of halogens is 1. The maximum absolute atomic E-state index is 13.9. The summed E-state index contributed by atoms with van der Waals surface area (Å²) in [6.45, 7) is 2.33. The predicted molar refractivity (Wildman–Crippen MR) is 143 cm³/mol. The number of amides is 1. The van der Waals surface area contributed by atoms with E-state index >= 15 is 0 Å². The van der Waals surface area contributed by atoms with Crippen molar-refractivity contribution in [3.05, 3.63) is 72.2 Å². The second-order valence-corrected chi connectivity index (χ2v) is 10.0. The van der Waals surface area contributed by atoms with E-state index in [1.165, 1.54) is 11.0 Å². The highest BCUT2D eigenvalue weighted by Crippen LogP contribution is 2.36. The van der Waals surface area contributed by atoms with Crippen LogP contribution in [0.15, 0.2) is 60.8 Å². The van der Waals surface area contributed by atoms with Crippen LogP contribution in [-0.4, -0.2) is 68.4 Å². The van der Waals surface area contributed by atoms with Crippen molar-refractivity contribution in [1.29, 1.82) is 0 Å². The van der Waals surface area contributed by atoms with Crippen LogP contribution in [0.1, 0.15) is 37.3 Å². The predicted octanol–water partition coefficient (Wildman–Crippen LogP) is 4.85. The van der Waals surface area contributed by atoms with E-state index in [1.54, 1.807) is 25.4 Å². The van der Waals surface area contributed by atoms with E-state index < -0.39 is 6.09 Å². The molecule has 4 aromatic rings. The average Bonchev–Trinajstić information content (AvgIpc) is 3.60. The summed E-state index contributed by atoms with van der Waals surface area (Å²) in [5.41, 5.74) is 3.26. The highest BCUT2D eigenvalue weighted by molar-refractivity contribution is 5.65. The lowest BCUT2D eigenvalue weighted by Crippen LogP contribution is -2.45. The second kappa shape index (κ2) is 9.92. The van der Waals surface area contributed by atoms with E-state index in [0.29, 0.717) is 0 Å². The molecule has 0 saturated carbocycles. The molecule has 196 valence electrons. The normalized spacial score (nSPS) is 18.3. The molecule has 0 aliphatic carbocycles. The van der Waals surface area contributed by atoms with E-state index in [1.807, 2.05) is 40.9 Å². The molecule has 2 aliphatic rings. The first-order valence-electron chi connectivity index (χ1n) is 13.0. The highest BCUT2D eigenvalue weighted by Gasteiger charge is 2.29. The van der Waals surface area contributed by atoms with E-state index in [0.717, 1.165) is 79.6 Å². The van der Waals surface area contributed by atoms with Crippen LogP contribution >= 0.6 is 0 Å². The van der Waals surface area contributed by atoms with Crippen LogP contribution in [0.25, 0.3) is 17.0 Å². The molecule has 1 aromatic carbocycles. The summed E-state index contributed by atoms with van der Waals surface area (Å²) in [5, 5.41) is 14.2. The molecule has 1 N–H and O–H groups in total. The summed E-state index contributed by atoms with van der Waals surface area (Å²) in [4.78, 5) is 26.6. The number of hydrogen-bond donors (Lipinski definition) is 1. The van der Waals surface area contributed by atoms with Crippen LogP contribution in [0.4, 0.5) is 20.8 Å². The topological polar surface area (TPSA) is 90.1 Å². The zero-order valence-corrected chi connectivity index (χ0v) is 21.2. The van der Waals surface area contributed by atoms with Gasteiger partial charge < -0.3 is 19.8 Å². The Balaban J connectivity index is 1.26. The Morgan fingerprint density at radius 3 is 2.63 bits per heavy atom. The molecule has 3 aromatic heterocycles. The zero-order chi connectivity index (χ0) is 26.2. The number of fused-ring (bicyclic) bond motifs is 1. The van der Waals surface area contributed by atoms with Gasteiger partial charge in [0, 0.05) is 32.7 Å². The fraction of sp³-hybridized carbons (Fsp3) is 0.357. The Labute approximate surface area is 220 Å². The number of hydrogen-bond acceptors (Lipinski definition) is 6. The monoisotopic (exact) mass is 515 g/mol. The summed E-state index contributed by atoms with van der Waals surface area (Å²) >= 11 is 0. The highest BCUT2D eigenvalue weighted by atomic mass is 19.1. The van der Waals surface area contributed by atoms with Gasteiger partial charge in [0.05, 0.1) is 17.9 Å². The molecule has 2 fully saturated rings. The van der Waals surface area contributed by atoms with Crippen molar-refractivity contribution >= 4 is 23.4 Å². The fourth-order valence-corrected chi connectivity index (χ4v) is 5.67. The number of carboxylic acid groups (broad SMARTS) is 1. The molecule has 10 heteroatoms. The number of piperidine rings is 1. The van der Waals surface area contributed by atoms with E-state index in [4.69, 9.17) is 10.1 Å². The minimum Gasteiger partial charge on any atom is -0.465 e. The Morgan fingerprint density at radius 1 is 1.03 bits per heavy atom. The molecule has 2 saturated heterocycles. The largest absolute Gasteiger partial charge is 0.465 e. The summed E-state index contributed by atoms with van der Waals surface area (Å²) in [5.74, 6) is 1.46. The van der Waals surface area contributed by atoms with Gasteiger partial charge in [0.1, 0.15) is 23.1 Å². The standard InChI is InChI=1S/C28H30FN7O2/c1-33(28(37)38)21-12-15-34(16-13-21)26-9-3-7-22(31-26)24-18-30-25-10-11-27(32-36(24)25)35-14-4-8-23(35)19-5-2-6-20(29)17-19/h2-3,5-7,9-11,17-18,21,23H,4,8,12-16H2,1H3,(H,37,38)/t23-/m1/s1. The molecule has 0 bridgehead atoms. The number of anilines is 2. The molecule has 6 rings (SSSR count). The van der Waals surface area contributed by atoms with E-state index in [2.05, 4.69) is 14.8 Å². The maximum atomic E-state index is 13.9. The molecule has 9 nitrogen and oxygen atoms in total. The van der Waals surface area contributed by atoms with Crippen LogP contribution in [0.2, 0.25) is 0 Å². The van der Waals surface area contributed by atoms with Crippen molar-refractivity contribution in [3.63, 3.8) is 0 Å². The number of pyridine rings is 1. The molecule has 38 heavy (non-hydrogen) atoms. The third-order valence-corrected chi connectivity index (χ3v) is 7.76. The lowest BCUT2D eigenvalue weighted by atomic mass is 10.0. The Bertz CT molecular complexity index is 1470. The number of rotatable bonds is 5. The molecule has 0 radical (unpaired) electrons. The van der Waals surface area contributed by atoms with Crippen LogP contribution in [0, 0.1) is 5.82 Å². The zero-order valence-electron chi connectivity index (χ0n) is 21.2. The van der Waals surface area contributed by atoms with Gasteiger partial charge >= 0.3 is 6.09 Å². The quantitative estimate of drug-likeness (QED) is 0.406. The summed E-state index contributed by atoms with van der Waals surface area (Å²) in [6.07, 6.45) is 4.39. The first-order chi connectivity index (χ1) is 18.5. The van der Waals surface area contributed by atoms with Gasteiger partial charge in [-0.3, -0.25) is 0 Å². The maximum Gasteiger partial charge on any atom is 0.407 e. The van der Waals surface area contributed by atoms with E-state index in [9.17, 15) is 14.3 Å². The first-order valence-corrected chi connectivity index (χ1v) is 13.0. The van der Waals surface area contributed by atoms with Crippen LogP contribution in [-0.2, 0) is 0 Å². The van der Waals surface area contributed by atoms with Crippen molar-refractivity contribution in [2.24, 2.45) is 0 Å². The van der Waals surface area contributed by atoms with Gasteiger partial charge in [-0.15, -0.1) is 5.10 Å². The molecule has 0 unspecified atom stereocenters. The molecule has 1 atom stereocenters. The molecule has 0 spiro atoms. The van der Waals surface area contributed by atoms with Crippen molar-refractivity contribution in [3.8, 4) is 11.4 Å². The van der Waals surface area contributed by atoms with Gasteiger partial charge in [-0.25, -0.2) is 23.7 Å². The third-order valence-electron chi connectivity index (χ3n) is 7.76. The average molecular weight is 516 g/mol. The fourth-order valence-electron chi connectivity index (χ4n) is 5.67. The molecular formula is C28H30FN7O2. The lowest BCUT2D eigenvalue weighted by Gasteiger charge is -2.36. The summed E-state index contributed by atoms with van der Waals surface area (Å²) in [6, 6.07) is 16.8. The molecule has 2 aliphatic heterocycles. The molecule has 5 heterocycles.